The van der Waals surface area contributed by atoms with Crippen LogP contribution in [0.5, 0.6) is 5.75 Å². The van der Waals surface area contributed by atoms with Crippen LogP contribution in [-0.4, -0.2) is 17.9 Å². The molecular formula is C14H12N2O4S. The van der Waals surface area contributed by atoms with E-state index >= 15 is 0 Å². The van der Waals surface area contributed by atoms with Gasteiger partial charge in [0.2, 0.25) is 5.91 Å². The number of hydrogen-bond acceptors (Lipinski definition) is 5. The van der Waals surface area contributed by atoms with Crippen LogP contribution in [0.25, 0.3) is 6.08 Å². The Morgan fingerprint density at radius 2 is 2.24 bits per heavy atom. The Balaban J connectivity index is 2.15. The minimum atomic E-state index is -0.568. The number of nitrogens with zero attached hydrogens (tertiary/aromatic N) is 1. The minimum absolute atomic E-state index is 0.127. The number of nitro benzene ring substituents is 1. The Hall–Kier alpha value is -2.67. The highest BCUT2D eigenvalue weighted by Gasteiger charge is 2.16. The predicted octanol–water partition coefficient (Wildman–Crippen LogP) is 3.32. The Morgan fingerprint density at radius 1 is 1.43 bits per heavy atom. The van der Waals surface area contributed by atoms with Crippen LogP contribution in [0.4, 0.5) is 11.4 Å². The van der Waals surface area contributed by atoms with Gasteiger partial charge in [-0.25, -0.2) is 0 Å². The van der Waals surface area contributed by atoms with Crippen LogP contribution in [0.1, 0.15) is 4.88 Å². The molecule has 0 bridgehead atoms. The second-order valence-electron chi connectivity index (χ2n) is 3.98. The van der Waals surface area contributed by atoms with Crippen LogP contribution in [-0.2, 0) is 4.79 Å². The molecule has 0 atom stereocenters. The van der Waals surface area contributed by atoms with E-state index in [1.165, 1.54) is 36.7 Å². The molecule has 2 rings (SSSR count). The molecular weight excluding hydrogens is 292 g/mol. The monoisotopic (exact) mass is 304 g/mol. The molecule has 1 N–H and O–H groups in total. The Kier molecular flexibility index (Phi) is 4.68. The Bertz CT molecular complexity index is 680. The van der Waals surface area contributed by atoms with Crippen molar-refractivity contribution in [1.29, 1.82) is 0 Å². The van der Waals surface area contributed by atoms with Crippen LogP contribution >= 0.6 is 11.3 Å². The molecule has 2 aromatic rings. The van der Waals surface area contributed by atoms with Crippen molar-refractivity contribution in [3.63, 3.8) is 0 Å². The van der Waals surface area contributed by atoms with Crippen LogP contribution < -0.4 is 10.1 Å². The summed E-state index contributed by atoms with van der Waals surface area (Å²) in [7, 11) is 1.42. The van der Waals surface area contributed by atoms with Gasteiger partial charge in [0.1, 0.15) is 11.4 Å². The maximum atomic E-state index is 11.8. The highest BCUT2D eigenvalue weighted by atomic mass is 32.1. The topological polar surface area (TPSA) is 81.5 Å². The Morgan fingerprint density at radius 3 is 2.86 bits per heavy atom. The normalized spacial score (nSPS) is 10.5. The summed E-state index contributed by atoms with van der Waals surface area (Å²) in [6.45, 7) is 0. The number of benzene rings is 1. The van der Waals surface area contributed by atoms with Gasteiger partial charge < -0.3 is 10.1 Å². The number of nitrogens with one attached hydrogen (secondary N) is 1. The summed E-state index contributed by atoms with van der Waals surface area (Å²) in [5.74, 6) is -0.0782. The summed E-state index contributed by atoms with van der Waals surface area (Å²) >= 11 is 1.49. The molecule has 0 unspecified atom stereocenters. The number of thiophene rings is 1. The lowest BCUT2D eigenvalue weighted by molar-refractivity contribution is -0.384. The summed E-state index contributed by atoms with van der Waals surface area (Å²) in [6, 6.07) is 7.99. The van der Waals surface area contributed by atoms with Crippen molar-refractivity contribution in [2.24, 2.45) is 0 Å². The van der Waals surface area contributed by atoms with Crippen LogP contribution in [0.15, 0.2) is 41.8 Å². The maximum absolute atomic E-state index is 11.8. The minimum Gasteiger partial charge on any atom is -0.496 e. The van der Waals surface area contributed by atoms with E-state index in [9.17, 15) is 14.9 Å². The van der Waals surface area contributed by atoms with E-state index in [-0.39, 0.29) is 11.4 Å². The SMILES string of the molecule is COc1ccc(NC(=O)/C=C\c2cccs2)c([N+](=O)[O-])c1. The van der Waals surface area contributed by atoms with E-state index in [1.807, 2.05) is 17.5 Å². The molecule has 1 aromatic carbocycles. The molecule has 0 saturated heterocycles. The van der Waals surface area contributed by atoms with Gasteiger partial charge in [-0.3, -0.25) is 14.9 Å². The lowest BCUT2D eigenvalue weighted by Crippen LogP contribution is -2.09. The first-order valence-electron chi connectivity index (χ1n) is 5.95. The molecule has 0 saturated carbocycles. The van der Waals surface area contributed by atoms with Crippen molar-refractivity contribution in [2.45, 2.75) is 0 Å². The summed E-state index contributed by atoms with van der Waals surface area (Å²) in [5.41, 5.74) is -0.0890. The van der Waals surface area contributed by atoms with Crippen molar-refractivity contribution in [3.8, 4) is 5.75 Å². The van der Waals surface area contributed by atoms with E-state index < -0.39 is 10.8 Å². The highest BCUT2D eigenvalue weighted by Crippen LogP contribution is 2.28. The van der Waals surface area contributed by atoms with Crippen LogP contribution in [0.3, 0.4) is 0 Å². The molecule has 108 valence electrons. The number of ether oxygens (including phenoxy) is 1. The summed E-state index contributed by atoms with van der Waals surface area (Å²) in [4.78, 5) is 23.1. The van der Waals surface area contributed by atoms with Crippen molar-refractivity contribution in [2.75, 3.05) is 12.4 Å². The lowest BCUT2D eigenvalue weighted by Gasteiger charge is -2.05. The number of carbonyl (C=O) groups is 1. The van der Waals surface area contributed by atoms with Gasteiger partial charge in [-0.05, 0) is 29.7 Å². The average Bonchev–Trinajstić information content (AvgIpc) is 2.98. The quantitative estimate of drug-likeness (QED) is 0.522. The van der Waals surface area contributed by atoms with Crippen LogP contribution in [0.2, 0.25) is 0 Å². The van der Waals surface area contributed by atoms with Gasteiger partial charge >= 0.3 is 0 Å². The van der Waals surface area contributed by atoms with Crippen LogP contribution in [0, 0.1) is 10.1 Å². The number of nitro groups is 1. The van der Waals surface area contributed by atoms with Gasteiger partial charge in [-0.2, -0.15) is 0 Å². The number of anilines is 1. The first-order chi connectivity index (χ1) is 10.1. The fourth-order valence-electron chi connectivity index (χ4n) is 1.61. The lowest BCUT2D eigenvalue weighted by atomic mass is 10.2. The van der Waals surface area contributed by atoms with Crippen molar-refractivity contribution < 1.29 is 14.5 Å². The van der Waals surface area contributed by atoms with E-state index in [2.05, 4.69) is 5.32 Å². The fourth-order valence-corrected chi connectivity index (χ4v) is 2.23. The smallest absolute Gasteiger partial charge is 0.296 e. The highest BCUT2D eigenvalue weighted by molar-refractivity contribution is 7.10. The zero-order valence-corrected chi connectivity index (χ0v) is 11.9. The molecule has 1 heterocycles. The summed E-state index contributed by atoms with van der Waals surface area (Å²) in [5, 5.41) is 15.4. The first-order valence-corrected chi connectivity index (χ1v) is 6.83. The molecule has 6 nitrogen and oxygen atoms in total. The van der Waals surface area contributed by atoms with E-state index in [1.54, 1.807) is 12.1 Å². The molecule has 1 aromatic heterocycles. The molecule has 0 spiro atoms. The van der Waals surface area contributed by atoms with Gasteiger partial charge in [0.15, 0.2) is 0 Å². The fraction of sp³-hybridized carbons (Fsp3) is 0.0714. The molecule has 0 aliphatic rings. The van der Waals surface area contributed by atoms with E-state index in [4.69, 9.17) is 4.74 Å². The first kappa shape index (κ1) is 14.7. The van der Waals surface area contributed by atoms with Gasteiger partial charge in [0, 0.05) is 11.0 Å². The van der Waals surface area contributed by atoms with Gasteiger partial charge in [0.25, 0.3) is 5.69 Å². The largest absolute Gasteiger partial charge is 0.496 e. The third-order valence-corrected chi connectivity index (χ3v) is 3.44. The number of amides is 1. The van der Waals surface area contributed by atoms with Crippen molar-refractivity contribution in [1.82, 2.24) is 0 Å². The standard InChI is InChI=1S/C14H12N2O4S/c1-20-10-4-6-12(13(9-10)16(18)19)15-14(17)7-5-11-3-2-8-21-11/h2-9H,1H3,(H,15,17)/b7-5-. The van der Waals surface area contributed by atoms with Gasteiger partial charge in [-0.1, -0.05) is 6.07 Å². The average molecular weight is 304 g/mol. The van der Waals surface area contributed by atoms with Gasteiger partial charge in [-0.15, -0.1) is 11.3 Å². The summed E-state index contributed by atoms with van der Waals surface area (Å²) < 4.78 is 4.93. The molecule has 0 aliphatic carbocycles. The van der Waals surface area contributed by atoms with E-state index in [0.29, 0.717) is 5.75 Å². The number of rotatable bonds is 5. The predicted molar refractivity (Wildman–Crippen MR) is 81.6 cm³/mol. The maximum Gasteiger partial charge on any atom is 0.296 e. The third kappa shape index (κ3) is 3.90. The molecule has 7 heteroatoms. The van der Waals surface area contributed by atoms with Crippen molar-refractivity contribution in [3.05, 3.63) is 56.8 Å². The number of methoxy groups -OCH3 is 1. The molecule has 0 radical (unpaired) electrons. The zero-order valence-electron chi connectivity index (χ0n) is 11.1. The van der Waals surface area contributed by atoms with Crippen molar-refractivity contribution >= 4 is 34.7 Å². The zero-order chi connectivity index (χ0) is 15.2. The van der Waals surface area contributed by atoms with Gasteiger partial charge in [0.05, 0.1) is 18.1 Å². The Labute approximate surface area is 124 Å². The second kappa shape index (κ2) is 6.67. The molecule has 0 fully saturated rings. The molecule has 0 aliphatic heterocycles. The number of hydrogen-bond donors (Lipinski definition) is 1. The second-order valence-corrected chi connectivity index (χ2v) is 4.96. The summed E-state index contributed by atoms with van der Waals surface area (Å²) in [6.07, 6.45) is 2.98. The molecule has 21 heavy (non-hydrogen) atoms. The molecule has 1 amide bonds. The van der Waals surface area contributed by atoms with E-state index in [0.717, 1.165) is 4.88 Å². The third-order valence-electron chi connectivity index (χ3n) is 2.60. The number of carbonyl (C=O) groups excluding carboxylic acids is 1.